The van der Waals surface area contributed by atoms with Crippen molar-refractivity contribution < 1.29 is 14.3 Å². The third-order valence-corrected chi connectivity index (χ3v) is 4.41. The molecule has 19 heavy (non-hydrogen) atoms. The molecule has 0 unspecified atom stereocenters. The summed E-state index contributed by atoms with van der Waals surface area (Å²) in [5.41, 5.74) is 2.73. The van der Waals surface area contributed by atoms with Gasteiger partial charge in [-0.25, -0.2) is 0 Å². The molecule has 3 atom stereocenters. The van der Waals surface area contributed by atoms with Gasteiger partial charge in [-0.2, -0.15) is 0 Å². The van der Waals surface area contributed by atoms with Crippen molar-refractivity contribution in [2.75, 3.05) is 13.2 Å². The number of esters is 1. The second-order valence-corrected chi connectivity index (χ2v) is 6.11. The average Bonchev–Trinajstić information content (AvgIpc) is 2.89. The lowest BCUT2D eigenvalue weighted by Crippen LogP contribution is -2.27. The number of hydrogen-bond acceptors (Lipinski definition) is 3. The Hall–Kier alpha value is -0.830. The van der Waals surface area contributed by atoms with Gasteiger partial charge < -0.3 is 9.47 Å². The monoisotopic (exact) mass is 266 g/mol. The molecule has 0 aromatic rings. The molecule has 3 heteroatoms. The van der Waals surface area contributed by atoms with Crippen molar-refractivity contribution in [1.82, 2.24) is 0 Å². The maximum Gasteiger partial charge on any atom is 0.306 e. The van der Waals surface area contributed by atoms with Crippen molar-refractivity contribution in [1.29, 1.82) is 0 Å². The molecule has 0 aromatic carbocycles. The van der Waals surface area contributed by atoms with Gasteiger partial charge in [0.05, 0.1) is 13.2 Å². The van der Waals surface area contributed by atoms with E-state index in [9.17, 15) is 4.79 Å². The number of fused-ring (bicyclic) bond motifs is 1. The van der Waals surface area contributed by atoms with Crippen LogP contribution in [0, 0.1) is 17.8 Å². The van der Waals surface area contributed by atoms with Crippen LogP contribution in [-0.4, -0.2) is 25.3 Å². The van der Waals surface area contributed by atoms with Crippen LogP contribution in [0.3, 0.4) is 0 Å². The predicted molar refractivity (Wildman–Crippen MR) is 74.7 cm³/mol. The van der Waals surface area contributed by atoms with Gasteiger partial charge in [0.2, 0.25) is 0 Å². The first-order valence-corrected chi connectivity index (χ1v) is 7.54. The highest BCUT2D eigenvalue weighted by molar-refractivity contribution is 5.70. The molecule has 1 heterocycles. The molecule has 2 aliphatic rings. The maximum atomic E-state index is 11.9. The molecule has 2 rings (SSSR count). The number of unbranched alkanes of at least 4 members (excludes halogenated alkanes) is 1. The molecule has 1 aliphatic carbocycles. The molecule has 1 saturated heterocycles. The van der Waals surface area contributed by atoms with E-state index in [0.717, 1.165) is 26.1 Å². The fourth-order valence-corrected chi connectivity index (χ4v) is 3.55. The second kappa shape index (κ2) is 6.08. The number of rotatable bonds is 5. The highest BCUT2D eigenvalue weighted by atomic mass is 16.5. The predicted octanol–water partition coefficient (Wildman–Crippen LogP) is 3.34. The van der Waals surface area contributed by atoms with Crippen molar-refractivity contribution in [2.45, 2.75) is 53.1 Å². The molecule has 108 valence electrons. The van der Waals surface area contributed by atoms with Crippen molar-refractivity contribution in [3.63, 3.8) is 0 Å². The zero-order valence-corrected chi connectivity index (χ0v) is 12.6. The van der Waals surface area contributed by atoms with E-state index in [2.05, 4.69) is 27.7 Å². The van der Waals surface area contributed by atoms with Crippen LogP contribution in [0.15, 0.2) is 11.1 Å². The summed E-state index contributed by atoms with van der Waals surface area (Å²) in [4.78, 5) is 11.9. The standard InChI is InChI=1S/C16H26O3/c1-5-6-7-14(17)19-16-11(4)15(10(2)3)12-8-18-9-13(12)16/h10,12-13,16H,5-9H2,1-4H3/t12-,13+,16-/m0/s1. The van der Waals surface area contributed by atoms with Crippen molar-refractivity contribution in [2.24, 2.45) is 17.8 Å². The Morgan fingerprint density at radius 1 is 1.42 bits per heavy atom. The van der Waals surface area contributed by atoms with Crippen LogP contribution in [0.4, 0.5) is 0 Å². The highest BCUT2D eigenvalue weighted by Crippen LogP contribution is 2.45. The third-order valence-electron chi connectivity index (χ3n) is 4.41. The second-order valence-electron chi connectivity index (χ2n) is 6.11. The molecular formula is C16H26O3. The van der Waals surface area contributed by atoms with Crippen LogP contribution in [-0.2, 0) is 14.3 Å². The minimum Gasteiger partial charge on any atom is -0.457 e. The fraction of sp³-hybridized carbons (Fsp3) is 0.812. The van der Waals surface area contributed by atoms with E-state index in [1.54, 1.807) is 0 Å². The van der Waals surface area contributed by atoms with Crippen LogP contribution in [0.5, 0.6) is 0 Å². The first kappa shape index (κ1) is 14.6. The van der Waals surface area contributed by atoms with E-state index >= 15 is 0 Å². The van der Waals surface area contributed by atoms with Crippen molar-refractivity contribution in [3.05, 3.63) is 11.1 Å². The summed E-state index contributed by atoms with van der Waals surface area (Å²) in [5.74, 6) is 1.27. The summed E-state index contributed by atoms with van der Waals surface area (Å²) in [5, 5.41) is 0. The van der Waals surface area contributed by atoms with E-state index in [-0.39, 0.29) is 12.1 Å². The fourth-order valence-electron chi connectivity index (χ4n) is 3.55. The number of carbonyl (C=O) groups excluding carboxylic acids is 1. The Morgan fingerprint density at radius 3 is 2.79 bits per heavy atom. The number of hydrogen-bond donors (Lipinski definition) is 0. The molecule has 1 aliphatic heterocycles. The van der Waals surface area contributed by atoms with Gasteiger partial charge in [-0.05, 0) is 24.8 Å². The van der Waals surface area contributed by atoms with Gasteiger partial charge in [0, 0.05) is 18.3 Å². The van der Waals surface area contributed by atoms with Gasteiger partial charge in [0.25, 0.3) is 0 Å². The largest absolute Gasteiger partial charge is 0.457 e. The van der Waals surface area contributed by atoms with Gasteiger partial charge in [0.15, 0.2) is 0 Å². The summed E-state index contributed by atoms with van der Waals surface area (Å²) in [7, 11) is 0. The van der Waals surface area contributed by atoms with Crippen LogP contribution in [0.25, 0.3) is 0 Å². The van der Waals surface area contributed by atoms with Crippen LogP contribution >= 0.6 is 0 Å². The first-order chi connectivity index (χ1) is 9.06. The number of ether oxygens (including phenoxy) is 2. The van der Waals surface area contributed by atoms with E-state index < -0.39 is 0 Å². The molecular weight excluding hydrogens is 240 g/mol. The zero-order chi connectivity index (χ0) is 14.0. The lowest BCUT2D eigenvalue weighted by Gasteiger charge is -2.20. The minimum absolute atomic E-state index is 0.0470. The van der Waals surface area contributed by atoms with E-state index in [4.69, 9.17) is 9.47 Å². The Kier molecular flexibility index (Phi) is 4.67. The molecule has 0 bridgehead atoms. The summed E-state index contributed by atoms with van der Waals surface area (Å²) in [6.07, 6.45) is 2.43. The van der Waals surface area contributed by atoms with Gasteiger partial charge >= 0.3 is 5.97 Å². The van der Waals surface area contributed by atoms with Crippen molar-refractivity contribution >= 4 is 5.97 Å². The van der Waals surface area contributed by atoms with Crippen LogP contribution in [0.1, 0.15) is 47.0 Å². The molecule has 3 nitrogen and oxygen atoms in total. The maximum absolute atomic E-state index is 11.9. The molecule has 0 amide bonds. The minimum atomic E-state index is -0.0538. The summed E-state index contributed by atoms with van der Waals surface area (Å²) in [6, 6.07) is 0. The Bertz CT molecular complexity index is 370. The van der Waals surface area contributed by atoms with Gasteiger partial charge in [0.1, 0.15) is 6.10 Å². The SMILES string of the molecule is CCCCC(=O)O[C@H]1C(C)=C(C(C)C)[C@H]2COC[C@H]21. The summed E-state index contributed by atoms with van der Waals surface area (Å²) < 4.78 is 11.4. The van der Waals surface area contributed by atoms with Gasteiger partial charge in [-0.3, -0.25) is 4.79 Å². The summed E-state index contributed by atoms with van der Waals surface area (Å²) >= 11 is 0. The lowest BCUT2D eigenvalue weighted by molar-refractivity contribution is -0.149. The molecule has 0 radical (unpaired) electrons. The summed E-state index contributed by atoms with van der Waals surface area (Å²) in [6.45, 7) is 10.2. The first-order valence-electron chi connectivity index (χ1n) is 7.54. The van der Waals surface area contributed by atoms with Crippen molar-refractivity contribution in [3.8, 4) is 0 Å². The highest BCUT2D eigenvalue weighted by Gasteiger charge is 2.46. The van der Waals surface area contributed by atoms with E-state index in [1.165, 1.54) is 11.1 Å². The van der Waals surface area contributed by atoms with Gasteiger partial charge in [-0.15, -0.1) is 0 Å². The smallest absolute Gasteiger partial charge is 0.306 e. The normalized spacial score (nSPS) is 30.1. The zero-order valence-electron chi connectivity index (χ0n) is 12.6. The van der Waals surface area contributed by atoms with E-state index in [0.29, 0.717) is 24.2 Å². The van der Waals surface area contributed by atoms with Crippen LogP contribution < -0.4 is 0 Å². The van der Waals surface area contributed by atoms with Gasteiger partial charge in [-0.1, -0.05) is 32.8 Å². The Labute approximate surface area is 116 Å². The lowest BCUT2D eigenvalue weighted by atomic mass is 9.88. The average molecular weight is 266 g/mol. The molecule has 0 saturated carbocycles. The molecule has 1 fully saturated rings. The Balaban J connectivity index is 2.09. The van der Waals surface area contributed by atoms with Crippen LogP contribution in [0.2, 0.25) is 0 Å². The van der Waals surface area contributed by atoms with E-state index in [1.807, 2.05) is 0 Å². The molecule has 0 spiro atoms. The third kappa shape index (κ3) is 2.86. The number of carbonyl (C=O) groups is 1. The topological polar surface area (TPSA) is 35.5 Å². The molecule has 0 N–H and O–H groups in total. The quantitative estimate of drug-likeness (QED) is 0.565. The molecule has 0 aromatic heterocycles. The Morgan fingerprint density at radius 2 is 2.16 bits per heavy atom.